The van der Waals surface area contributed by atoms with Crippen molar-refractivity contribution in [2.75, 3.05) is 0 Å². The van der Waals surface area contributed by atoms with E-state index in [0.717, 1.165) is 10.5 Å². The molecule has 0 spiro atoms. The fourth-order valence-corrected chi connectivity index (χ4v) is 3.65. The van der Waals surface area contributed by atoms with Gasteiger partial charge in [0.2, 0.25) is 0 Å². The van der Waals surface area contributed by atoms with E-state index < -0.39 is 0 Å². The molecule has 3 aromatic rings. The highest BCUT2D eigenvalue weighted by Gasteiger charge is 2.18. The Morgan fingerprint density at radius 3 is 2.04 bits per heavy atom. The first kappa shape index (κ1) is 16.5. The Bertz CT molecular complexity index is 785. The minimum Gasteiger partial charge on any atom is -0.294 e. The van der Waals surface area contributed by atoms with Gasteiger partial charge in [0.1, 0.15) is 5.82 Å². The van der Waals surface area contributed by atoms with E-state index in [1.54, 1.807) is 23.9 Å². The predicted molar refractivity (Wildman–Crippen MR) is 96.8 cm³/mol. The first-order valence-corrected chi connectivity index (χ1v) is 8.66. The van der Waals surface area contributed by atoms with E-state index in [1.807, 2.05) is 60.7 Å². The Labute approximate surface area is 145 Å². The second-order valence-electron chi connectivity index (χ2n) is 5.46. The SMILES string of the molecule is O=C(CC(Sc1ccccc1)c1ccc(F)cc1)c1ccccc1. The van der Waals surface area contributed by atoms with Crippen LogP contribution in [0.2, 0.25) is 0 Å². The van der Waals surface area contributed by atoms with E-state index in [2.05, 4.69) is 0 Å². The quantitative estimate of drug-likeness (QED) is 0.410. The van der Waals surface area contributed by atoms with E-state index >= 15 is 0 Å². The van der Waals surface area contributed by atoms with Crippen LogP contribution in [0.1, 0.15) is 27.6 Å². The van der Waals surface area contributed by atoms with E-state index in [0.29, 0.717) is 12.0 Å². The molecule has 1 unspecified atom stereocenters. The van der Waals surface area contributed by atoms with Gasteiger partial charge in [0, 0.05) is 22.1 Å². The van der Waals surface area contributed by atoms with Gasteiger partial charge in [-0.05, 0) is 29.8 Å². The lowest BCUT2D eigenvalue weighted by atomic mass is 10.0. The van der Waals surface area contributed by atoms with Crippen LogP contribution in [-0.4, -0.2) is 5.78 Å². The molecule has 1 nitrogen and oxygen atoms in total. The molecule has 0 bridgehead atoms. The summed E-state index contributed by atoms with van der Waals surface area (Å²) in [7, 11) is 0. The number of halogens is 1. The lowest BCUT2D eigenvalue weighted by molar-refractivity contribution is 0.0982. The van der Waals surface area contributed by atoms with Gasteiger partial charge in [-0.3, -0.25) is 4.79 Å². The average Bonchev–Trinajstić information content (AvgIpc) is 2.63. The Kier molecular flexibility index (Phi) is 5.44. The van der Waals surface area contributed by atoms with Crippen LogP contribution >= 0.6 is 11.8 Å². The number of rotatable bonds is 6. The molecule has 0 saturated carbocycles. The molecule has 0 amide bonds. The molecule has 24 heavy (non-hydrogen) atoms. The molecule has 0 saturated heterocycles. The van der Waals surface area contributed by atoms with Gasteiger partial charge in [0.25, 0.3) is 0 Å². The lowest BCUT2D eigenvalue weighted by Gasteiger charge is -2.17. The maximum absolute atomic E-state index is 13.2. The number of carbonyl (C=O) groups excluding carboxylic acids is 1. The van der Waals surface area contributed by atoms with Crippen LogP contribution in [0.15, 0.2) is 89.8 Å². The zero-order chi connectivity index (χ0) is 16.8. The summed E-state index contributed by atoms with van der Waals surface area (Å²) in [6, 6.07) is 25.7. The number of carbonyl (C=O) groups is 1. The summed E-state index contributed by atoms with van der Waals surface area (Å²) < 4.78 is 13.2. The van der Waals surface area contributed by atoms with Crippen LogP contribution in [0.4, 0.5) is 4.39 Å². The summed E-state index contributed by atoms with van der Waals surface area (Å²) in [5, 5.41) is -0.0549. The Balaban J connectivity index is 1.84. The number of hydrogen-bond acceptors (Lipinski definition) is 2. The highest BCUT2D eigenvalue weighted by atomic mass is 32.2. The largest absolute Gasteiger partial charge is 0.294 e. The maximum atomic E-state index is 13.2. The Hall–Kier alpha value is -2.39. The Morgan fingerprint density at radius 2 is 1.42 bits per heavy atom. The van der Waals surface area contributed by atoms with Crippen LogP contribution in [0.5, 0.6) is 0 Å². The molecular weight excluding hydrogens is 319 g/mol. The van der Waals surface area contributed by atoms with Gasteiger partial charge in [0.05, 0.1) is 0 Å². The minimum absolute atomic E-state index is 0.0549. The molecule has 0 aliphatic rings. The molecular formula is C21H17FOS. The van der Waals surface area contributed by atoms with Crippen molar-refractivity contribution in [3.8, 4) is 0 Å². The van der Waals surface area contributed by atoms with Crippen molar-refractivity contribution in [1.82, 2.24) is 0 Å². The second-order valence-corrected chi connectivity index (χ2v) is 6.74. The van der Waals surface area contributed by atoms with Gasteiger partial charge >= 0.3 is 0 Å². The van der Waals surface area contributed by atoms with Crippen molar-refractivity contribution in [3.05, 3.63) is 102 Å². The molecule has 0 aromatic heterocycles. The lowest BCUT2D eigenvalue weighted by Crippen LogP contribution is -2.05. The fraction of sp³-hybridized carbons (Fsp3) is 0.0952. The van der Waals surface area contributed by atoms with Crippen molar-refractivity contribution in [1.29, 1.82) is 0 Å². The van der Waals surface area contributed by atoms with Crippen LogP contribution < -0.4 is 0 Å². The topological polar surface area (TPSA) is 17.1 Å². The normalized spacial score (nSPS) is 11.9. The molecule has 120 valence electrons. The molecule has 0 N–H and O–H groups in total. The summed E-state index contributed by atoms with van der Waals surface area (Å²) >= 11 is 1.63. The smallest absolute Gasteiger partial charge is 0.164 e. The average molecular weight is 336 g/mol. The number of benzene rings is 3. The molecule has 3 rings (SSSR count). The Morgan fingerprint density at radius 1 is 0.833 bits per heavy atom. The highest BCUT2D eigenvalue weighted by Crippen LogP contribution is 2.38. The third-order valence-electron chi connectivity index (χ3n) is 3.73. The van der Waals surface area contributed by atoms with Crippen LogP contribution in [0, 0.1) is 5.82 Å². The van der Waals surface area contributed by atoms with Gasteiger partial charge in [-0.2, -0.15) is 0 Å². The molecule has 0 heterocycles. The summed E-state index contributed by atoms with van der Waals surface area (Å²) in [5.41, 5.74) is 1.66. The van der Waals surface area contributed by atoms with E-state index in [1.165, 1.54) is 12.1 Å². The molecule has 3 aromatic carbocycles. The molecule has 0 aliphatic carbocycles. The van der Waals surface area contributed by atoms with E-state index in [4.69, 9.17) is 0 Å². The van der Waals surface area contributed by atoms with Crippen LogP contribution in [0.25, 0.3) is 0 Å². The van der Waals surface area contributed by atoms with Crippen LogP contribution in [-0.2, 0) is 0 Å². The number of hydrogen-bond donors (Lipinski definition) is 0. The molecule has 1 atom stereocenters. The first-order valence-electron chi connectivity index (χ1n) is 7.78. The summed E-state index contributed by atoms with van der Waals surface area (Å²) in [6.07, 6.45) is 0.370. The van der Waals surface area contributed by atoms with Crippen molar-refractivity contribution >= 4 is 17.5 Å². The predicted octanol–water partition coefficient (Wildman–Crippen LogP) is 5.93. The standard InChI is InChI=1S/C21H17FOS/c22-18-13-11-17(12-14-18)21(24-19-9-5-2-6-10-19)15-20(23)16-7-3-1-4-8-16/h1-14,21H,15H2. The third-order valence-corrected chi connectivity index (χ3v) is 5.00. The highest BCUT2D eigenvalue weighted by molar-refractivity contribution is 7.99. The molecule has 3 heteroatoms. The summed E-state index contributed by atoms with van der Waals surface area (Å²) in [6.45, 7) is 0. The van der Waals surface area contributed by atoms with Crippen molar-refractivity contribution in [2.24, 2.45) is 0 Å². The number of thioether (sulfide) groups is 1. The van der Waals surface area contributed by atoms with Crippen molar-refractivity contribution in [2.45, 2.75) is 16.6 Å². The van der Waals surface area contributed by atoms with Gasteiger partial charge in [-0.15, -0.1) is 11.8 Å². The summed E-state index contributed by atoms with van der Waals surface area (Å²) in [4.78, 5) is 13.7. The third kappa shape index (κ3) is 4.33. The van der Waals surface area contributed by atoms with Crippen molar-refractivity contribution < 1.29 is 9.18 Å². The zero-order valence-electron chi connectivity index (χ0n) is 13.1. The van der Waals surface area contributed by atoms with Gasteiger partial charge in [-0.25, -0.2) is 4.39 Å². The number of ketones is 1. The molecule has 0 fully saturated rings. The van der Waals surface area contributed by atoms with Crippen LogP contribution in [0.3, 0.4) is 0 Å². The van der Waals surface area contributed by atoms with Gasteiger partial charge in [0.15, 0.2) is 5.78 Å². The zero-order valence-corrected chi connectivity index (χ0v) is 13.9. The fourth-order valence-electron chi connectivity index (χ4n) is 2.48. The maximum Gasteiger partial charge on any atom is 0.164 e. The number of Topliss-reactive ketones (excluding diaryl/α,β-unsaturated/α-hetero) is 1. The van der Waals surface area contributed by atoms with E-state index in [-0.39, 0.29) is 16.9 Å². The monoisotopic (exact) mass is 336 g/mol. The summed E-state index contributed by atoms with van der Waals surface area (Å²) in [5.74, 6) is -0.176. The van der Waals surface area contributed by atoms with Crippen molar-refractivity contribution in [3.63, 3.8) is 0 Å². The molecule has 0 aliphatic heterocycles. The first-order chi connectivity index (χ1) is 11.7. The minimum atomic E-state index is -0.267. The van der Waals surface area contributed by atoms with Gasteiger partial charge < -0.3 is 0 Å². The van der Waals surface area contributed by atoms with Gasteiger partial charge in [-0.1, -0.05) is 60.7 Å². The second kappa shape index (κ2) is 7.93. The molecule has 0 radical (unpaired) electrons. The van der Waals surface area contributed by atoms with E-state index in [9.17, 15) is 9.18 Å².